The molecule has 0 aliphatic heterocycles. The highest BCUT2D eigenvalue weighted by atomic mass is 32.2. The van der Waals surface area contributed by atoms with Crippen LogP contribution in [0.3, 0.4) is 0 Å². The molecule has 0 amide bonds. The van der Waals surface area contributed by atoms with Gasteiger partial charge in [-0.1, -0.05) is 20.8 Å². The van der Waals surface area contributed by atoms with E-state index in [2.05, 4.69) is 18.7 Å². The van der Waals surface area contributed by atoms with Crippen LogP contribution in [-0.4, -0.2) is 50.5 Å². The lowest BCUT2D eigenvalue weighted by molar-refractivity contribution is 0.123. The predicted octanol–water partition coefficient (Wildman–Crippen LogP) is 0.870. The minimum atomic E-state index is -2.88. The maximum absolute atomic E-state index is 11.4. The summed E-state index contributed by atoms with van der Waals surface area (Å²) in [4.78, 5) is 2.10. The van der Waals surface area contributed by atoms with E-state index in [-0.39, 0.29) is 17.0 Å². The summed E-state index contributed by atoms with van der Waals surface area (Å²) in [6, 6.07) is 0. The molecule has 0 fully saturated rings. The Bertz CT molecular complexity index is 276. The van der Waals surface area contributed by atoms with Gasteiger partial charge in [0.05, 0.1) is 5.75 Å². The number of hydrogen-bond donors (Lipinski definition) is 1. The van der Waals surface area contributed by atoms with E-state index in [0.717, 1.165) is 12.8 Å². The molecule has 4 nitrogen and oxygen atoms in total. The fraction of sp³-hybridized carbons (Fsp3) is 1.00. The zero-order chi connectivity index (χ0) is 12.8. The minimum Gasteiger partial charge on any atom is -0.329 e. The number of hydrogen-bond acceptors (Lipinski definition) is 4. The molecule has 98 valence electrons. The number of sulfone groups is 1. The molecule has 0 unspecified atom stereocenters. The molecule has 0 aliphatic rings. The first-order chi connectivity index (χ1) is 7.37. The topological polar surface area (TPSA) is 63.4 Å². The molecule has 0 atom stereocenters. The molecule has 0 aromatic rings. The lowest BCUT2D eigenvalue weighted by Gasteiger charge is -2.40. The summed E-state index contributed by atoms with van der Waals surface area (Å²) in [6.45, 7) is 7.02. The second-order valence-electron chi connectivity index (χ2n) is 4.29. The van der Waals surface area contributed by atoms with Crippen molar-refractivity contribution in [3.8, 4) is 0 Å². The maximum atomic E-state index is 11.4. The van der Waals surface area contributed by atoms with Crippen LogP contribution in [0.2, 0.25) is 0 Å². The van der Waals surface area contributed by atoms with Crippen LogP contribution in [0.25, 0.3) is 0 Å². The van der Waals surface area contributed by atoms with Gasteiger partial charge in [-0.2, -0.15) is 0 Å². The summed E-state index contributed by atoms with van der Waals surface area (Å²) >= 11 is 0. The second-order valence-corrected chi connectivity index (χ2v) is 6.77. The largest absolute Gasteiger partial charge is 0.329 e. The van der Waals surface area contributed by atoms with Gasteiger partial charge in [0.25, 0.3) is 0 Å². The summed E-state index contributed by atoms with van der Waals surface area (Å²) in [5.74, 6) is 0.441. The summed E-state index contributed by atoms with van der Waals surface area (Å²) in [7, 11) is -0.919. The van der Waals surface area contributed by atoms with Crippen molar-refractivity contribution in [2.24, 2.45) is 5.73 Å². The van der Waals surface area contributed by atoms with Crippen molar-refractivity contribution in [1.29, 1.82) is 0 Å². The molecule has 0 saturated heterocycles. The van der Waals surface area contributed by atoms with Crippen LogP contribution < -0.4 is 5.73 Å². The Hall–Kier alpha value is -0.130. The Morgan fingerprint density at radius 1 is 1.19 bits per heavy atom. The lowest BCUT2D eigenvalue weighted by atomic mass is 9.91. The van der Waals surface area contributed by atoms with Gasteiger partial charge >= 0.3 is 0 Å². The molecule has 5 heteroatoms. The van der Waals surface area contributed by atoms with Gasteiger partial charge in [-0.3, -0.25) is 4.90 Å². The van der Waals surface area contributed by atoms with E-state index >= 15 is 0 Å². The van der Waals surface area contributed by atoms with Gasteiger partial charge in [-0.05, 0) is 19.9 Å². The van der Waals surface area contributed by atoms with E-state index in [9.17, 15) is 8.42 Å². The zero-order valence-electron chi connectivity index (χ0n) is 11.0. The molecule has 0 saturated carbocycles. The molecule has 0 spiro atoms. The highest BCUT2D eigenvalue weighted by molar-refractivity contribution is 7.91. The standard InChI is InChI=1S/C11H26N2O2S/c1-5-11(6-2,10-12)13(4)8-9-16(14,15)7-3/h5-10,12H2,1-4H3. The predicted molar refractivity (Wildman–Crippen MR) is 69.3 cm³/mol. The van der Waals surface area contributed by atoms with Crippen molar-refractivity contribution in [3.05, 3.63) is 0 Å². The molecule has 16 heavy (non-hydrogen) atoms. The second kappa shape index (κ2) is 6.57. The van der Waals surface area contributed by atoms with Crippen molar-refractivity contribution >= 4 is 9.84 Å². The quantitative estimate of drug-likeness (QED) is 0.694. The summed E-state index contributed by atoms with van der Waals surface area (Å²) in [6.07, 6.45) is 1.89. The van der Waals surface area contributed by atoms with Gasteiger partial charge < -0.3 is 5.73 Å². The van der Waals surface area contributed by atoms with Gasteiger partial charge in [-0.25, -0.2) is 8.42 Å². The fourth-order valence-electron chi connectivity index (χ4n) is 1.89. The summed E-state index contributed by atoms with van der Waals surface area (Å²) < 4.78 is 22.9. The van der Waals surface area contributed by atoms with Crippen LogP contribution in [0.4, 0.5) is 0 Å². The van der Waals surface area contributed by atoms with E-state index in [1.807, 2.05) is 7.05 Å². The first kappa shape index (κ1) is 15.9. The number of rotatable bonds is 8. The van der Waals surface area contributed by atoms with Gasteiger partial charge in [-0.15, -0.1) is 0 Å². The molecule has 0 aliphatic carbocycles. The van der Waals surface area contributed by atoms with E-state index < -0.39 is 9.84 Å². The molecule has 0 aromatic carbocycles. The SMILES string of the molecule is CCC(CC)(CN)N(C)CCS(=O)(=O)CC. The average molecular weight is 250 g/mol. The lowest BCUT2D eigenvalue weighted by Crippen LogP contribution is -2.52. The molecular formula is C11H26N2O2S. The molecule has 0 radical (unpaired) electrons. The monoisotopic (exact) mass is 250 g/mol. The van der Waals surface area contributed by atoms with Crippen LogP contribution in [0.5, 0.6) is 0 Å². The van der Waals surface area contributed by atoms with Crippen molar-refractivity contribution in [3.63, 3.8) is 0 Å². The third-order valence-electron chi connectivity index (χ3n) is 3.68. The van der Waals surface area contributed by atoms with Crippen molar-refractivity contribution in [1.82, 2.24) is 4.90 Å². The highest BCUT2D eigenvalue weighted by Gasteiger charge is 2.29. The number of nitrogens with zero attached hydrogens (tertiary/aromatic N) is 1. The molecule has 2 N–H and O–H groups in total. The van der Waals surface area contributed by atoms with E-state index in [1.165, 1.54) is 0 Å². The zero-order valence-corrected chi connectivity index (χ0v) is 11.8. The average Bonchev–Trinajstić information content (AvgIpc) is 2.29. The molecule has 0 rings (SSSR count). The summed E-state index contributed by atoms with van der Waals surface area (Å²) in [5.41, 5.74) is 5.76. The van der Waals surface area contributed by atoms with Crippen LogP contribution in [0.15, 0.2) is 0 Å². The van der Waals surface area contributed by atoms with Crippen molar-refractivity contribution in [2.45, 2.75) is 39.2 Å². The third kappa shape index (κ3) is 4.03. The van der Waals surface area contributed by atoms with Crippen molar-refractivity contribution < 1.29 is 8.42 Å². The van der Waals surface area contributed by atoms with E-state index in [0.29, 0.717) is 13.1 Å². The first-order valence-corrected chi connectivity index (χ1v) is 7.81. The van der Waals surface area contributed by atoms with Crippen molar-refractivity contribution in [2.75, 3.05) is 31.6 Å². The first-order valence-electron chi connectivity index (χ1n) is 5.99. The van der Waals surface area contributed by atoms with Gasteiger partial charge in [0.2, 0.25) is 0 Å². The Labute approximate surface area is 100 Å². The molecular weight excluding hydrogens is 224 g/mol. The number of likely N-dealkylation sites (N-methyl/N-ethyl adjacent to an activating group) is 1. The highest BCUT2D eigenvalue weighted by Crippen LogP contribution is 2.20. The Morgan fingerprint density at radius 2 is 1.69 bits per heavy atom. The fourth-order valence-corrected chi connectivity index (χ4v) is 2.73. The molecule has 0 heterocycles. The van der Waals surface area contributed by atoms with E-state index in [4.69, 9.17) is 5.73 Å². The van der Waals surface area contributed by atoms with Gasteiger partial charge in [0, 0.05) is 24.4 Å². The maximum Gasteiger partial charge on any atom is 0.151 e. The van der Waals surface area contributed by atoms with Crippen LogP contribution in [0, 0.1) is 0 Å². The van der Waals surface area contributed by atoms with Crippen LogP contribution in [-0.2, 0) is 9.84 Å². The Balaban J connectivity index is 4.49. The van der Waals surface area contributed by atoms with Gasteiger partial charge in [0.1, 0.15) is 0 Å². The summed E-state index contributed by atoms with van der Waals surface area (Å²) in [5, 5.41) is 0. The molecule has 0 bridgehead atoms. The normalized spacial score (nSPS) is 13.4. The Kier molecular flexibility index (Phi) is 6.51. The Morgan fingerprint density at radius 3 is 2.00 bits per heavy atom. The third-order valence-corrected chi connectivity index (χ3v) is 5.37. The van der Waals surface area contributed by atoms with E-state index in [1.54, 1.807) is 6.92 Å². The minimum absolute atomic E-state index is 0.0523. The van der Waals surface area contributed by atoms with Crippen LogP contribution >= 0.6 is 0 Å². The van der Waals surface area contributed by atoms with Crippen LogP contribution in [0.1, 0.15) is 33.6 Å². The smallest absolute Gasteiger partial charge is 0.151 e. The number of nitrogens with two attached hydrogens (primary N) is 1. The van der Waals surface area contributed by atoms with Gasteiger partial charge in [0.15, 0.2) is 9.84 Å². The molecule has 0 aromatic heterocycles.